The van der Waals surface area contributed by atoms with Crippen LogP contribution in [0.1, 0.15) is 17.9 Å². The summed E-state index contributed by atoms with van der Waals surface area (Å²) in [4.78, 5) is 4.27. The van der Waals surface area contributed by atoms with Crippen LogP contribution in [0.5, 0.6) is 5.75 Å². The Bertz CT molecular complexity index is 903. The van der Waals surface area contributed by atoms with E-state index in [0.29, 0.717) is 17.4 Å². The van der Waals surface area contributed by atoms with E-state index in [1.54, 1.807) is 0 Å². The van der Waals surface area contributed by atoms with E-state index >= 15 is 0 Å². The summed E-state index contributed by atoms with van der Waals surface area (Å²) in [5.41, 5.74) is 8.51. The largest absolute Gasteiger partial charge is 0.573 e. The molecule has 4 rings (SSSR count). The van der Waals surface area contributed by atoms with Gasteiger partial charge in [-0.15, -0.1) is 18.3 Å². The van der Waals surface area contributed by atoms with E-state index in [4.69, 9.17) is 5.73 Å². The molecule has 0 bridgehead atoms. The van der Waals surface area contributed by atoms with Gasteiger partial charge in [-0.05, 0) is 36.2 Å². The van der Waals surface area contributed by atoms with Gasteiger partial charge in [0.2, 0.25) is 0 Å². The Morgan fingerprint density at radius 2 is 1.69 bits per heavy atom. The van der Waals surface area contributed by atoms with E-state index in [1.807, 2.05) is 24.3 Å². The maximum atomic E-state index is 12.2. The van der Waals surface area contributed by atoms with Gasteiger partial charge in [0.25, 0.3) is 0 Å². The van der Waals surface area contributed by atoms with Gasteiger partial charge in [0.15, 0.2) is 5.82 Å². The predicted molar refractivity (Wildman–Crippen MR) is 88.8 cm³/mol. The van der Waals surface area contributed by atoms with Crippen LogP contribution in [-0.4, -0.2) is 27.2 Å². The standard InChI is InChI=1S/C18H15F3N4O/c19-18(20,21)26-14-7-5-13(6-8-14)25-10-23-17(24-25)12-3-1-11(2-4-12)15-9-16(15)22/h1-8,10,15-16H,9,22H2. The Morgan fingerprint density at radius 1 is 1.04 bits per heavy atom. The fraction of sp³-hybridized carbons (Fsp3) is 0.222. The number of nitrogens with two attached hydrogens (primary N) is 1. The second-order valence-corrected chi connectivity index (χ2v) is 6.18. The zero-order chi connectivity index (χ0) is 18.3. The number of hydrogen-bond donors (Lipinski definition) is 1. The van der Waals surface area contributed by atoms with Gasteiger partial charge in [-0.2, -0.15) is 0 Å². The number of rotatable bonds is 4. The van der Waals surface area contributed by atoms with E-state index in [0.717, 1.165) is 12.0 Å². The minimum absolute atomic E-state index is 0.252. The summed E-state index contributed by atoms with van der Waals surface area (Å²) in [7, 11) is 0. The summed E-state index contributed by atoms with van der Waals surface area (Å²) in [5.74, 6) is 0.690. The van der Waals surface area contributed by atoms with Crippen LogP contribution in [0.2, 0.25) is 0 Å². The first-order chi connectivity index (χ1) is 12.4. The first kappa shape index (κ1) is 16.6. The monoisotopic (exact) mass is 360 g/mol. The first-order valence-corrected chi connectivity index (χ1v) is 8.03. The Hall–Kier alpha value is -2.87. The summed E-state index contributed by atoms with van der Waals surface area (Å²) in [6.45, 7) is 0. The number of benzene rings is 2. The van der Waals surface area contributed by atoms with Crippen LogP contribution >= 0.6 is 0 Å². The number of aromatic nitrogens is 3. The van der Waals surface area contributed by atoms with Crippen molar-refractivity contribution < 1.29 is 17.9 Å². The zero-order valence-electron chi connectivity index (χ0n) is 13.5. The minimum Gasteiger partial charge on any atom is -0.406 e. The molecule has 8 heteroatoms. The number of ether oxygens (including phenoxy) is 1. The number of halogens is 3. The normalized spacial score (nSPS) is 19.4. The van der Waals surface area contributed by atoms with Crippen molar-refractivity contribution in [1.29, 1.82) is 0 Å². The van der Waals surface area contributed by atoms with Crippen LogP contribution in [0.15, 0.2) is 54.9 Å². The molecule has 0 spiro atoms. The third-order valence-electron chi connectivity index (χ3n) is 4.26. The molecule has 0 amide bonds. The van der Waals surface area contributed by atoms with Gasteiger partial charge in [0, 0.05) is 17.5 Å². The molecule has 26 heavy (non-hydrogen) atoms. The van der Waals surface area contributed by atoms with Crippen LogP contribution in [0, 0.1) is 0 Å². The lowest BCUT2D eigenvalue weighted by Gasteiger charge is -2.09. The highest BCUT2D eigenvalue weighted by molar-refractivity contribution is 5.55. The van der Waals surface area contributed by atoms with E-state index < -0.39 is 6.36 Å². The van der Waals surface area contributed by atoms with Gasteiger partial charge in [-0.25, -0.2) is 9.67 Å². The Morgan fingerprint density at radius 3 is 2.27 bits per heavy atom. The molecule has 2 unspecified atom stereocenters. The highest BCUT2D eigenvalue weighted by Crippen LogP contribution is 2.39. The van der Waals surface area contributed by atoms with Crippen molar-refractivity contribution in [3.8, 4) is 22.8 Å². The van der Waals surface area contributed by atoms with E-state index in [9.17, 15) is 13.2 Å². The second kappa shape index (κ2) is 6.14. The zero-order valence-corrected chi connectivity index (χ0v) is 13.5. The van der Waals surface area contributed by atoms with Crippen LogP contribution in [0.3, 0.4) is 0 Å². The molecule has 5 nitrogen and oxygen atoms in total. The van der Waals surface area contributed by atoms with Gasteiger partial charge in [-0.1, -0.05) is 24.3 Å². The lowest BCUT2D eigenvalue weighted by Crippen LogP contribution is -2.17. The van der Waals surface area contributed by atoms with Crippen molar-refractivity contribution >= 4 is 0 Å². The molecule has 1 aromatic heterocycles. The van der Waals surface area contributed by atoms with Gasteiger partial charge >= 0.3 is 6.36 Å². The first-order valence-electron chi connectivity index (χ1n) is 8.03. The summed E-state index contributed by atoms with van der Waals surface area (Å²) in [6.07, 6.45) is -2.18. The van der Waals surface area contributed by atoms with Gasteiger partial charge in [0.1, 0.15) is 12.1 Å². The molecule has 1 heterocycles. The second-order valence-electron chi connectivity index (χ2n) is 6.18. The van der Waals surface area contributed by atoms with Crippen LogP contribution in [0.4, 0.5) is 13.2 Å². The van der Waals surface area contributed by atoms with Gasteiger partial charge in [-0.3, -0.25) is 0 Å². The van der Waals surface area contributed by atoms with Crippen molar-refractivity contribution in [3.63, 3.8) is 0 Å². The Balaban J connectivity index is 1.50. The van der Waals surface area contributed by atoms with Crippen LogP contribution < -0.4 is 10.5 Å². The maximum Gasteiger partial charge on any atom is 0.573 e. The summed E-state index contributed by atoms with van der Waals surface area (Å²) in [5, 5.41) is 4.38. The summed E-state index contributed by atoms with van der Waals surface area (Å²) in [6, 6.07) is 13.6. The van der Waals surface area contributed by atoms with Gasteiger partial charge in [0.05, 0.1) is 5.69 Å². The molecular weight excluding hydrogens is 345 g/mol. The lowest BCUT2D eigenvalue weighted by molar-refractivity contribution is -0.274. The highest BCUT2D eigenvalue weighted by Gasteiger charge is 2.34. The van der Waals surface area contributed by atoms with Crippen molar-refractivity contribution in [1.82, 2.24) is 14.8 Å². The molecule has 0 saturated heterocycles. The molecule has 3 aromatic rings. The fourth-order valence-electron chi connectivity index (χ4n) is 2.80. The Labute approximate surface area is 147 Å². The summed E-state index contributed by atoms with van der Waals surface area (Å²) >= 11 is 0. The van der Waals surface area contributed by atoms with E-state index in [2.05, 4.69) is 14.8 Å². The summed E-state index contributed by atoms with van der Waals surface area (Å²) < 4.78 is 42.0. The third-order valence-corrected chi connectivity index (χ3v) is 4.26. The van der Waals surface area contributed by atoms with Gasteiger partial charge < -0.3 is 10.5 Å². The number of hydrogen-bond acceptors (Lipinski definition) is 4. The number of nitrogens with zero attached hydrogens (tertiary/aromatic N) is 3. The third kappa shape index (κ3) is 3.55. The average molecular weight is 360 g/mol. The topological polar surface area (TPSA) is 66.0 Å². The van der Waals surface area contributed by atoms with Crippen LogP contribution in [-0.2, 0) is 0 Å². The average Bonchev–Trinajstić information content (AvgIpc) is 3.13. The molecule has 1 aliphatic carbocycles. The van der Waals surface area contributed by atoms with Crippen LogP contribution in [0.25, 0.3) is 17.1 Å². The molecular formula is C18H15F3N4O. The molecule has 134 valence electrons. The van der Waals surface area contributed by atoms with Crippen molar-refractivity contribution in [2.24, 2.45) is 5.73 Å². The molecule has 1 aliphatic rings. The lowest BCUT2D eigenvalue weighted by atomic mass is 10.1. The number of alkyl halides is 3. The molecule has 0 radical (unpaired) electrons. The molecule has 1 saturated carbocycles. The quantitative estimate of drug-likeness (QED) is 0.771. The molecule has 0 aliphatic heterocycles. The highest BCUT2D eigenvalue weighted by atomic mass is 19.4. The van der Waals surface area contributed by atoms with E-state index in [1.165, 1.54) is 40.8 Å². The SMILES string of the molecule is NC1CC1c1ccc(-c2ncn(-c3ccc(OC(F)(F)F)cc3)n2)cc1. The molecule has 2 atom stereocenters. The minimum atomic E-state index is -4.71. The molecule has 1 fully saturated rings. The predicted octanol–water partition coefficient (Wildman–Crippen LogP) is 3.65. The smallest absolute Gasteiger partial charge is 0.406 e. The molecule has 2 N–H and O–H groups in total. The van der Waals surface area contributed by atoms with Crippen molar-refractivity contribution in [3.05, 3.63) is 60.4 Å². The fourth-order valence-corrected chi connectivity index (χ4v) is 2.80. The Kier molecular flexibility index (Phi) is 3.91. The van der Waals surface area contributed by atoms with E-state index in [-0.39, 0.29) is 11.8 Å². The van der Waals surface area contributed by atoms with Crippen molar-refractivity contribution in [2.45, 2.75) is 24.7 Å². The molecule has 2 aromatic carbocycles. The van der Waals surface area contributed by atoms with Crippen molar-refractivity contribution in [2.75, 3.05) is 0 Å². The maximum absolute atomic E-state index is 12.2.